The van der Waals surface area contributed by atoms with Crippen molar-refractivity contribution in [1.29, 1.82) is 0 Å². The molecule has 0 fully saturated rings. The summed E-state index contributed by atoms with van der Waals surface area (Å²) in [5, 5.41) is 10.3. The number of hydrogen-bond donors (Lipinski definition) is 1. The second-order valence-electron chi connectivity index (χ2n) is 4.76. The lowest BCUT2D eigenvalue weighted by Gasteiger charge is -2.09. The van der Waals surface area contributed by atoms with Gasteiger partial charge in [-0.1, -0.05) is 17.7 Å². The highest BCUT2D eigenvalue weighted by atomic mass is 35.5. The van der Waals surface area contributed by atoms with Gasteiger partial charge in [-0.05, 0) is 36.1 Å². The van der Waals surface area contributed by atoms with Gasteiger partial charge in [-0.3, -0.25) is 0 Å². The molecule has 3 rings (SSSR count). The van der Waals surface area contributed by atoms with E-state index in [4.69, 9.17) is 16.3 Å². The number of benzene rings is 1. The molecular weight excluding hydrogens is 264 g/mol. The normalized spacial score (nSPS) is 17.5. The predicted octanol–water partition coefficient (Wildman–Crippen LogP) is 2.63. The van der Waals surface area contributed by atoms with Gasteiger partial charge in [0.25, 0.3) is 0 Å². The van der Waals surface area contributed by atoms with Crippen LogP contribution in [-0.4, -0.2) is 14.7 Å². The number of imidazole rings is 1. The molecule has 1 N–H and O–H groups in total. The van der Waals surface area contributed by atoms with Crippen molar-refractivity contribution in [3.05, 3.63) is 46.5 Å². The van der Waals surface area contributed by atoms with E-state index in [0.717, 1.165) is 30.0 Å². The van der Waals surface area contributed by atoms with Gasteiger partial charge in [0.05, 0.1) is 12.3 Å². The molecule has 0 spiro atoms. The Hall–Kier alpha value is -1.52. The Balaban J connectivity index is 1.73. The monoisotopic (exact) mass is 278 g/mol. The number of aliphatic hydroxyl groups excluding tert-OH is 1. The zero-order valence-corrected chi connectivity index (χ0v) is 11.4. The Morgan fingerprint density at radius 1 is 1.53 bits per heavy atom. The van der Waals surface area contributed by atoms with Crippen molar-refractivity contribution in [1.82, 2.24) is 9.55 Å². The molecular formula is C14H15ClN2O2. The summed E-state index contributed by atoms with van der Waals surface area (Å²) in [6.07, 6.45) is 2.99. The number of rotatable bonds is 3. The summed E-state index contributed by atoms with van der Waals surface area (Å²) in [5.41, 5.74) is 2.19. The first-order chi connectivity index (χ1) is 9.15. The zero-order valence-electron chi connectivity index (χ0n) is 10.6. The maximum atomic E-state index is 9.75. The van der Waals surface area contributed by atoms with E-state index in [2.05, 4.69) is 4.98 Å². The first-order valence-electron chi connectivity index (χ1n) is 6.25. The van der Waals surface area contributed by atoms with E-state index in [1.54, 1.807) is 10.8 Å². The number of halogens is 1. The van der Waals surface area contributed by atoms with Crippen molar-refractivity contribution >= 4 is 11.6 Å². The highest BCUT2D eigenvalue weighted by Gasteiger charge is 2.20. The number of fused-ring (bicyclic) bond motifs is 1. The average Bonchev–Trinajstić information content (AvgIpc) is 2.93. The number of nitrogens with zero attached hydrogens (tertiary/aromatic N) is 2. The maximum Gasteiger partial charge on any atom is 0.147 e. The molecule has 0 saturated carbocycles. The van der Waals surface area contributed by atoms with Gasteiger partial charge in [-0.25, -0.2) is 4.98 Å². The Bertz CT molecular complexity index is 609. The molecule has 5 heteroatoms. The Labute approximate surface area is 116 Å². The molecule has 4 nitrogen and oxygen atoms in total. The number of ether oxygens (including phenoxy) is 1. The first kappa shape index (κ1) is 12.5. The molecule has 2 aromatic rings. The fourth-order valence-corrected chi connectivity index (χ4v) is 2.51. The molecule has 100 valence electrons. The standard InChI is InChI=1S/C14H15ClN2O2/c1-17-13(15)7-16-14(17)8-19-10-3-4-11-9(6-10)2-5-12(11)18/h3-4,6-7,12,18H,2,5,8H2,1H3/t12-/m1/s1. The number of aliphatic hydroxyl groups is 1. The highest BCUT2D eigenvalue weighted by Crippen LogP contribution is 2.33. The molecule has 0 saturated heterocycles. The van der Waals surface area contributed by atoms with Gasteiger partial charge >= 0.3 is 0 Å². The third-order valence-electron chi connectivity index (χ3n) is 3.56. The van der Waals surface area contributed by atoms with Gasteiger partial charge in [-0.15, -0.1) is 0 Å². The minimum absolute atomic E-state index is 0.322. The predicted molar refractivity (Wildman–Crippen MR) is 72.3 cm³/mol. The van der Waals surface area contributed by atoms with Crippen LogP contribution in [0.15, 0.2) is 24.4 Å². The maximum absolute atomic E-state index is 9.75. The van der Waals surface area contributed by atoms with Crippen LogP contribution in [-0.2, 0) is 20.1 Å². The summed E-state index contributed by atoms with van der Waals surface area (Å²) < 4.78 is 7.51. The van der Waals surface area contributed by atoms with E-state index in [0.29, 0.717) is 11.8 Å². The summed E-state index contributed by atoms with van der Waals surface area (Å²) in [5.74, 6) is 1.58. The van der Waals surface area contributed by atoms with Crippen molar-refractivity contribution in [2.75, 3.05) is 0 Å². The molecule has 1 atom stereocenters. The number of aryl methyl sites for hydroxylation is 1. The SMILES string of the molecule is Cn1c(Cl)cnc1COc1ccc2c(c1)CC[C@H]2O. The molecule has 1 aliphatic carbocycles. The van der Waals surface area contributed by atoms with E-state index in [1.807, 2.05) is 25.2 Å². The van der Waals surface area contributed by atoms with Crippen LogP contribution >= 0.6 is 11.6 Å². The van der Waals surface area contributed by atoms with Gasteiger partial charge in [0.15, 0.2) is 0 Å². The Morgan fingerprint density at radius 3 is 3.11 bits per heavy atom. The summed E-state index contributed by atoms with van der Waals surface area (Å²) in [6, 6.07) is 5.82. The second kappa shape index (κ2) is 4.87. The van der Waals surface area contributed by atoms with E-state index in [-0.39, 0.29) is 6.10 Å². The van der Waals surface area contributed by atoms with Gasteiger partial charge in [0.1, 0.15) is 23.3 Å². The smallest absolute Gasteiger partial charge is 0.147 e. The summed E-state index contributed by atoms with van der Waals surface area (Å²) in [6.45, 7) is 0.380. The van der Waals surface area contributed by atoms with Crippen molar-refractivity contribution in [3.8, 4) is 5.75 Å². The van der Waals surface area contributed by atoms with Crippen LogP contribution in [0, 0.1) is 0 Å². The first-order valence-corrected chi connectivity index (χ1v) is 6.62. The topological polar surface area (TPSA) is 47.3 Å². The van der Waals surface area contributed by atoms with Crippen molar-refractivity contribution in [3.63, 3.8) is 0 Å². The minimum Gasteiger partial charge on any atom is -0.486 e. The van der Waals surface area contributed by atoms with Crippen LogP contribution in [0.25, 0.3) is 0 Å². The molecule has 1 aromatic carbocycles. The van der Waals surface area contributed by atoms with Gasteiger partial charge in [0, 0.05) is 7.05 Å². The van der Waals surface area contributed by atoms with Crippen LogP contribution in [0.5, 0.6) is 5.75 Å². The lowest BCUT2D eigenvalue weighted by molar-refractivity contribution is 0.180. The Kier molecular flexibility index (Phi) is 3.21. The number of aromatic nitrogens is 2. The Morgan fingerprint density at radius 2 is 2.37 bits per heavy atom. The molecule has 0 radical (unpaired) electrons. The highest BCUT2D eigenvalue weighted by molar-refractivity contribution is 6.29. The zero-order chi connectivity index (χ0) is 13.4. The van der Waals surface area contributed by atoms with Crippen molar-refractivity contribution in [2.45, 2.75) is 25.6 Å². The van der Waals surface area contributed by atoms with Gasteiger partial charge < -0.3 is 14.4 Å². The minimum atomic E-state index is -0.322. The molecule has 1 aromatic heterocycles. The summed E-state index contributed by atoms with van der Waals surface area (Å²) in [7, 11) is 1.85. The fourth-order valence-electron chi connectivity index (χ4n) is 2.37. The van der Waals surface area contributed by atoms with E-state index < -0.39 is 0 Å². The van der Waals surface area contributed by atoms with E-state index in [1.165, 1.54) is 5.56 Å². The lowest BCUT2D eigenvalue weighted by atomic mass is 10.1. The van der Waals surface area contributed by atoms with Crippen molar-refractivity contribution < 1.29 is 9.84 Å². The number of hydrogen-bond acceptors (Lipinski definition) is 3. The second-order valence-corrected chi connectivity index (χ2v) is 5.15. The molecule has 0 bridgehead atoms. The molecule has 0 aliphatic heterocycles. The van der Waals surface area contributed by atoms with Crippen LogP contribution in [0.3, 0.4) is 0 Å². The largest absolute Gasteiger partial charge is 0.486 e. The molecule has 19 heavy (non-hydrogen) atoms. The van der Waals surface area contributed by atoms with Crippen LogP contribution in [0.4, 0.5) is 0 Å². The van der Waals surface area contributed by atoms with Crippen molar-refractivity contribution in [2.24, 2.45) is 7.05 Å². The average molecular weight is 279 g/mol. The molecule has 1 heterocycles. The quantitative estimate of drug-likeness (QED) is 0.939. The van der Waals surface area contributed by atoms with Gasteiger partial charge in [0.2, 0.25) is 0 Å². The van der Waals surface area contributed by atoms with Crippen LogP contribution < -0.4 is 4.74 Å². The third kappa shape index (κ3) is 2.33. The van der Waals surface area contributed by atoms with E-state index >= 15 is 0 Å². The van der Waals surface area contributed by atoms with E-state index in [9.17, 15) is 5.11 Å². The third-order valence-corrected chi connectivity index (χ3v) is 3.91. The summed E-state index contributed by atoms with van der Waals surface area (Å²) >= 11 is 5.92. The molecule has 1 aliphatic rings. The van der Waals surface area contributed by atoms with Gasteiger partial charge in [-0.2, -0.15) is 0 Å². The molecule has 0 amide bonds. The van der Waals surface area contributed by atoms with Crippen LogP contribution in [0.1, 0.15) is 29.5 Å². The fraction of sp³-hybridized carbons (Fsp3) is 0.357. The summed E-state index contributed by atoms with van der Waals surface area (Å²) in [4.78, 5) is 4.18. The van der Waals surface area contributed by atoms with Crippen LogP contribution in [0.2, 0.25) is 5.15 Å². The lowest BCUT2D eigenvalue weighted by Crippen LogP contribution is -2.04. The molecule has 0 unspecified atom stereocenters.